The van der Waals surface area contributed by atoms with Crippen molar-refractivity contribution in [2.75, 3.05) is 36.5 Å². The Labute approximate surface area is 123 Å². The monoisotopic (exact) mass is 285 g/mol. The number of fused-ring (bicyclic) bond motifs is 1. The van der Waals surface area contributed by atoms with Crippen molar-refractivity contribution in [1.82, 2.24) is 9.97 Å². The summed E-state index contributed by atoms with van der Waals surface area (Å²) in [5.41, 5.74) is 7.00. The molecule has 2 aromatic rings. The van der Waals surface area contributed by atoms with Crippen LogP contribution in [0.1, 0.15) is 12.8 Å². The predicted molar refractivity (Wildman–Crippen MR) is 83.4 cm³/mol. The summed E-state index contributed by atoms with van der Waals surface area (Å²) < 4.78 is 0. The van der Waals surface area contributed by atoms with E-state index in [-0.39, 0.29) is 12.5 Å². The zero-order valence-corrected chi connectivity index (χ0v) is 12.1. The summed E-state index contributed by atoms with van der Waals surface area (Å²) in [7, 11) is 1.82. The van der Waals surface area contributed by atoms with E-state index in [1.807, 2.05) is 31.3 Å². The zero-order valence-electron chi connectivity index (χ0n) is 12.1. The van der Waals surface area contributed by atoms with Crippen LogP contribution in [0, 0.1) is 0 Å². The van der Waals surface area contributed by atoms with Crippen molar-refractivity contribution in [2.45, 2.75) is 12.8 Å². The lowest BCUT2D eigenvalue weighted by Gasteiger charge is -2.25. The van der Waals surface area contributed by atoms with Crippen LogP contribution in [0.3, 0.4) is 0 Å². The number of carbonyl (C=O) groups is 1. The van der Waals surface area contributed by atoms with Crippen molar-refractivity contribution in [3.63, 3.8) is 0 Å². The van der Waals surface area contributed by atoms with E-state index >= 15 is 0 Å². The summed E-state index contributed by atoms with van der Waals surface area (Å²) >= 11 is 0. The summed E-state index contributed by atoms with van der Waals surface area (Å²) in [6, 6.07) is 7.78. The van der Waals surface area contributed by atoms with Crippen LogP contribution in [-0.2, 0) is 4.79 Å². The molecule has 0 radical (unpaired) electrons. The SMILES string of the molecule is CN(CC(N)=O)c1nc2ccccc2nc1N1CCCC1. The van der Waals surface area contributed by atoms with Crippen LogP contribution < -0.4 is 15.5 Å². The summed E-state index contributed by atoms with van der Waals surface area (Å²) in [6.45, 7) is 2.09. The Morgan fingerprint density at radius 3 is 2.48 bits per heavy atom. The smallest absolute Gasteiger partial charge is 0.236 e. The first-order chi connectivity index (χ1) is 10.1. The first-order valence-electron chi connectivity index (χ1n) is 7.16. The van der Waals surface area contributed by atoms with Gasteiger partial charge in [-0.2, -0.15) is 0 Å². The van der Waals surface area contributed by atoms with Gasteiger partial charge in [-0.3, -0.25) is 4.79 Å². The molecule has 21 heavy (non-hydrogen) atoms. The summed E-state index contributed by atoms with van der Waals surface area (Å²) in [5.74, 6) is 1.18. The molecule has 1 aliphatic rings. The molecule has 0 aliphatic carbocycles. The van der Waals surface area contributed by atoms with Crippen LogP contribution in [0.15, 0.2) is 24.3 Å². The average Bonchev–Trinajstić information content (AvgIpc) is 2.99. The molecule has 0 atom stereocenters. The van der Waals surface area contributed by atoms with Gasteiger partial charge in [0, 0.05) is 20.1 Å². The number of hydrogen-bond acceptors (Lipinski definition) is 5. The molecular weight excluding hydrogens is 266 g/mol. The highest BCUT2D eigenvalue weighted by atomic mass is 16.1. The number of nitrogens with zero attached hydrogens (tertiary/aromatic N) is 4. The number of primary amides is 1. The number of amides is 1. The normalized spacial score (nSPS) is 14.6. The first kappa shape index (κ1) is 13.6. The second kappa shape index (κ2) is 5.55. The number of aromatic nitrogens is 2. The highest BCUT2D eigenvalue weighted by Crippen LogP contribution is 2.29. The van der Waals surface area contributed by atoms with E-state index in [9.17, 15) is 4.79 Å². The van der Waals surface area contributed by atoms with Crippen molar-refractivity contribution in [1.29, 1.82) is 0 Å². The molecule has 6 nitrogen and oxygen atoms in total. The number of benzene rings is 1. The second-order valence-corrected chi connectivity index (χ2v) is 5.38. The quantitative estimate of drug-likeness (QED) is 0.912. The maximum absolute atomic E-state index is 11.2. The highest BCUT2D eigenvalue weighted by Gasteiger charge is 2.22. The van der Waals surface area contributed by atoms with Gasteiger partial charge in [-0.15, -0.1) is 0 Å². The molecule has 1 fully saturated rings. The minimum Gasteiger partial charge on any atom is -0.368 e. The fraction of sp³-hybridized carbons (Fsp3) is 0.400. The van der Waals surface area contributed by atoms with Gasteiger partial charge in [-0.05, 0) is 25.0 Å². The summed E-state index contributed by atoms with van der Waals surface area (Å²) in [6.07, 6.45) is 2.32. The van der Waals surface area contributed by atoms with Crippen LogP contribution in [0.5, 0.6) is 0 Å². The Morgan fingerprint density at radius 1 is 1.24 bits per heavy atom. The zero-order chi connectivity index (χ0) is 14.8. The van der Waals surface area contributed by atoms with E-state index in [2.05, 4.69) is 9.88 Å². The number of rotatable bonds is 4. The Bertz CT molecular complexity index is 666. The van der Waals surface area contributed by atoms with E-state index in [1.165, 1.54) is 0 Å². The minimum atomic E-state index is -0.375. The van der Waals surface area contributed by atoms with E-state index in [4.69, 9.17) is 10.7 Å². The molecule has 1 amide bonds. The molecule has 0 spiro atoms. The Hall–Kier alpha value is -2.37. The molecule has 0 unspecified atom stereocenters. The van der Waals surface area contributed by atoms with Crippen LogP contribution >= 0.6 is 0 Å². The van der Waals surface area contributed by atoms with Gasteiger partial charge in [0.25, 0.3) is 0 Å². The largest absolute Gasteiger partial charge is 0.368 e. The topological polar surface area (TPSA) is 75.3 Å². The molecule has 0 saturated carbocycles. The molecule has 2 N–H and O–H groups in total. The summed E-state index contributed by atoms with van der Waals surface area (Å²) in [4.78, 5) is 24.6. The Morgan fingerprint density at radius 2 is 1.86 bits per heavy atom. The third kappa shape index (κ3) is 2.74. The molecule has 1 aliphatic heterocycles. The van der Waals surface area contributed by atoms with E-state index in [0.29, 0.717) is 0 Å². The third-order valence-corrected chi connectivity index (χ3v) is 3.69. The molecule has 1 aromatic heterocycles. The number of para-hydroxylation sites is 2. The molecule has 3 rings (SSSR count). The molecule has 0 bridgehead atoms. The lowest BCUT2D eigenvalue weighted by Crippen LogP contribution is -2.33. The number of likely N-dealkylation sites (N-methyl/N-ethyl adjacent to an activating group) is 1. The number of carbonyl (C=O) groups excluding carboxylic acids is 1. The van der Waals surface area contributed by atoms with Gasteiger partial charge in [-0.25, -0.2) is 9.97 Å². The molecule has 1 aromatic carbocycles. The van der Waals surface area contributed by atoms with Gasteiger partial charge in [0.1, 0.15) is 0 Å². The highest BCUT2D eigenvalue weighted by molar-refractivity contribution is 5.84. The van der Waals surface area contributed by atoms with Gasteiger partial charge < -0.3 is 15.5 Å². The van der Waals surface area contributed by atoms with E-state index < -0.39 is 0 Å². The van der Waals surface area contributed by atoms with Gasteiger partial charge in [0.15, 0.2) is 11.6 Å². The van der Waals surface area contributed by atoms with Gasteiger partial charge in [0.2, 0.25) is 5.91 Å². The summed E-state index contributed by atoms with van der Waals surface area (Å²) in [5, 5.41) is 0. The van der Waals surface area contributed by atoms with Crippen LogP contribution in [-0.4, -0.2) is 42.6 Å². The van der Waals surface area contributed by atoms with Crippen molar-refractivity contribution < 1.29 is 4.79 Å². The van der Waals surface area contributed by atoms with Crippen LogP contribution in [0.4, 0.5) is 11.6 Å². The van der Waals surface area contributed by atoms with Crippen LogP contribution in [0.25, 0.3) is 11.0 Å². The van der Waals surface area contributed by atoms with Crippen molar-refractivity contribution in [2.24, 2.45) is 5.73 Å². The maximum Gasteiger partial charge on any atom is 0.236 e. The Balaban J connectivity index is 2.09. The lowest BCUT2D eigenvalue weighted by molar-refractivity contribution is -0.116. The fourth-order valence-corrected chi connectivity index (χ4v) is 2.69. The second-order valence-electron chi connectivity index (χ2n) is 5.38. The standard InChI is InChI=1S/C15H19N5O/c1-19(10-13(16)21)14-15(20-8-4-5-9-20)18-12-7-3-2-6-11(12)17-14/h2-3,6-7H,4-5,8-10H2,1H3,(H2,16,21). The van der Waals surface area contributed by atoms with Crippen molar-refractivity contribution in [3.05, 3.63) is 24.3 Å². The fourth-order valence-electron chi connectivity index (χ4n) is 2.69. The van der Waals surface area contributed by atoms with Gasteiger partial charge >= 0.3 is 0 Å². The van der Waals surface area contributed by atoms with E-state index in [1.54, 1.807) is 4.90 Å². The molecule has 1 saturated heterocycles. The van der Waals surface area contributed by atoms with Crippen molar-refractivity contribution >= 4 is 28.6 Å². The van der Waals surface area contributed by atoms with Gasteiger partial charge in [-0.1, -0.05) is 12.1 Å². The van der Waals surface area contributed by atoms with Gasteiger partial charge in [0.05, 0.1) is 17.6 Å². The lowest BCUT2D eigenvalue weighted by atomic mass is 10.3. The number of nitrogens with two attached hydrogens (primary N) is 1. The number of hydrogen-bond donors (Lipinski definition) is 1. The molecule has 6 heteroatoms. The first-order valence-corrected chi connectivity index (χ1v) is 7.16. The molecule has 2 heterocycles. The minimum absolute atomic E-state index is 0.133. The van der Waals surface area contributed by atoms with Crippen LogP contribution in [0.2, 0.25) is 0 Å². The Kier molecular flexibility index (Phi) is 3.60. The van der Waals surface area contributed by atoms with E-state index in [0.717, 1.165) is 48.6 Å². The maximum atomic E-state index is 11.2. The third-order valence-electron chi connectivity index (χ3n) is 3.69. The average molecular weight is 285 g/mol. The number of anilines is 2. The molecule has 110 valence electrons. The van der Waals surface area contributed by atoms with Crippen molar-refractivity contribution in [3.8, 4) is 0 Å². The predicted octanol–water partition coefficient (Wildman–Crippen LogP) is 1.15. The molecular formula is C15H19N5O.